The molecule has 9 nitrogen and oxygen atoms in total. The van der Waals surface area contributed by atoms with Crippen LogP contribution in [-0.4, -0.2) is 87.0 Å². The van der Waals surface area contributed by atoms with Crippen molar-refractivity contribution < 1.29 is 24.9 Å². The van der Waals surface area contributed by atoms with Crippen molar-refractivity contribution in [1.29, 1.82) is 0 Å². The molecule has 3 heterocycles. The second kappa shape index (κ2) is 5.06. The molecule has 9 heteroatoms. The Hall–Kier alpha value is -1.94. The summed E-state index contributed by atoms with van der Waals surface area (Å²) >= 11 is 0. The van der Waals surface area contributed by atoms with Crippen LogP contribution in [0.1, 0.15) is 0 Å². The molecule has 1 aliphatic carbocycles. The van der Waals surface area contributed by atoms with Crippen molar-refractivity contribution in [2.45, 2.75) is 6.10 Å². The van der Waals surface area contributed by atoms with E-state index in [0.717, 1.165) is 39.3 Å². The van der Waals surface area contributed by atoms with Gasteiger partial charge in [-0.05, 0) is 0 Å². The van der Waals surface area contributed by atoms with E-state index >= 15 is 0 Å². The molecule has 0 spiro atoms. The lowest BCUT2D eigenvalue weighted by atomic mass is 10.0. The largest absolute Gasteiger partial charge is 0.365 e. The van der Waals surface area contributed by atoms with Crippen molar-refractivity contribution in [2.24, 2.45) is 5.73 Å². The average molecular weight is 310 g/mol. The first-order chi connectivity index (χ1) is 10.3. The molecule has 0 radical (unpaired) electrons. The minimum atomic E-state index is -3.00. The highest BCUT2D eigenvalue weighted by molar-refractivity contribution is 6.22. The molecule has 4 aliphatic rings. The summed E-state index contributed by atoms with van der Waals surface area (Å²) in [6.07, 6.45) is -1.48. The standard InChI is InChI=1S/C12H13N3O2.CH5NO3/c16-9-7-8(13-1-2-13)12(17)11(15-5-6-15)10(9)14-3-4-14;2-1(3,4)5/h7H,1-6H2;3-5H,2H2. The molecule has 3 aliphatic heterocycles. The van der Waals surface area contributed by atoms with Crippen LogP contribution in [0.2, 0.25) is 0 Å². The first kappa shape index (κ1) is 15.0. The van der Waals surface area contributed by atoms with Crippen LogP contribution >= 0.6 is 0 Å². The van der Waals surface area contributed by atoms with Crippen molar-refractivity contribution in [3.05, 3.63) is 23.2 Å². The Kier molecular flexibility index (Phi) is 3.44. The number of allylic oxidation sites excluding steroid dienone is 1. The lowest BCUT2D eigenvalue weighted by Gasteiger charge is -2.21. The first-order valence-corrected chi connectivity index (χ1v) is 7.01. The molecule has 0 aromatic rings. The highest BCUT2D eigenvalue weighted by Gasteiger charge is 2.43. The average Bonchev–Trinajstić information content (AvgIpc) is 3.24. The predicted octanol–water partition coefficient (Wildman–Crippen LogP) is -3.29. The van der Waals surface area contributed by atoms with E-state index < -0.39 is 6.10 Å². The Morgan fingerprint density at radius 1 is 0.864 bits per heavy atom. The molecular weight excluding hydrogens is 292 g/mol. The number of carbonyl (C=O) groups excluding carboxylic acids is 2. The van der Waals surface area contributed by atoms with E-state index in [0.29, 0.717) is 17.1 Å². The quantitative estimate of drug-likeness (QED) is 0.241. The molecule has 120 valence electrons. The molecule has 0 saturated carbocycles. The summed E-state index contributed by atoms with van der Waals surface area (Å²) in [7, 11) is 0. The van der Waals surface area contributed by atoms with E-state index in [-0.39, 0.29) is 11.6 Å². The molecular formula is C13H18N4O5. The Bertz CT molecular complexity index is 574. The van der Waals surface area contributed by atoms with Gasteiger partial charge in [-0.1, -0.05) is 0 Å². The van der Waals surface area contributed by atoms with Gasteiger partial charge < -0.3 is 30.0 Å². The number of ketones is 2. The van der Waals surface area contributed by atoms with Gasteiger partial charge in [0.1, 0.15) is 11.4 Å². The fourth-order valence-electron chi connectivity index (χ4n) is 2.28. The molecule has 0 atom stereocenters. The summed E-state index contributed by atoms with van der Waals surface area (Å²) < 4.78 is 0. The number of carbonyl (C=O) groups is 2. The number of hydrogen-bond donors (Lipinski definition) is 4. The van der Waals surface area contributed by atoms with Gasteiger partial charge in [-0.3, -0.25) is 15.3 Å². The SMILES string of the molecule is NC(O)(O)O.O=C1C=C(N2CC2)C(=O)C(N2CC2)=C1N1CC1. The zero-order valence-electron chi connectivity index (χ0n) is 11.9. The van der Waals surface area contributed by atoms with Crippen LogP contribution in [0.4, 0.5) is 0 Å². The van der Waals surface area contributed by atoms with Gasteiger partial charge in [0, 0.05) is 45.3 Å². The van der Waals surface area contributed by atoms with E-state index in [1.165, 1.54) is 6.08 Å². The highest BCUT2D eigenvalue weighted by atomic mass is 16.7. The van der Waals surface area contributed by atoms with E-state index in [1.807, 2.05) is 14.7 Å². The van der Waals surface area contributed by atoms with Crippen molar-refractivity contribution >= 4 is 11.6 Å². The van der Waals surface area contributed by atoms with Gasteiger partial charge in [0.2, 0.25) is 11.6 Å². The van der Waals surface area contributed by atoms with Gasteiger partial charge in [-0.15, -0.1) is 0 Å². The fraction of sp³-hybridized carbons (Fsp3) is 0.538. The van der Waals surface area contributed by atoms with Crippen LogP contribution in [0.5, 0.6) is 0 Å². The van der Waals surface area contributed by atoms with Crippen molar-refractivity contribution in [1.82, 2.24) is 14.7 Å². The summed E-state index contributed by atoms with van der Waals surface area (Å²) in [5.74, 6) is 0.0485. The van der Waals surface area contributed by atoms with E-state index in [9.17, 15) is 9.59 Å². The molecule has 4 rings (SSSR count). The van der Waals surface area contributed by atoms with E-state index in [1.54, 1.807) is 0 Å². The monoisotopic (exact) mass is 310 g/mol. The fourth-order valence-corrected chi connectivity index (χ4v) is 2.28. The molecule has 5 N–H and O–H groups in total. The summed E-state index contributed by atoms with van der Waals surface area (Å²) in [5.41, 5.74) is 5.91. The molecule has 3 saturated heterocycles. The number of hydrogen-bond acceptors (Lipinski definition) is 9. The van der Waals surface area contributed by atoms with Crippen LogP contribution in [0, 0.1) is 0 Å². The van der Waals surface area contributed by atoms with Crippen LogP contribution in [0.25, 0.3) is 0 Å². The van der Waals surface area contributed by atoms with Crippen LogP contribution in [-0.2, 0) is 9.59 Å². The topological polar surface area (TPSA) is 130 Å². The summed E-state index contributed by atoms with van der Waals surface area (Å²) in [6, 6.07) is 0. The molecule has 0 bridgehead atoms. The van der Waals surface area contributed by atoms with Crippen molar-refractivity contribution in [3.8, 4) is 0 Å². The maximum atomic E-state index is 12.4. The van der Waals surface area contributed by atoms with Gasteiger partial charge in [0.15, 0.2) is 0 Å². The van der Waals surface area contributed by atoms with Gasteiger partial charge in [0.05, 0.1) is 5.70 Å². The summed E-state index contributed by atoms with van der Waals surface area (Å²) in [5, 5.41) is 22.2. The maximum absolute atomic E-state index is 12.4. The third kappa shape index (κ3) is 3.45. The van der Waals surface area contributed by atoms with Crippen LogP contribution in [0.15, 0.2) is 23.2 Å². The Morgan fingerprint density at radius 2 is 1.27 bits per heavy atom. The van der Waals surface area contributed by atoms with Gasteiger partial charge in [0.25, 0.3) is 0 Å². The number of rotatable bonds is 3. The maximum Gasteiger partial charge on any atom is 0.340 e. The normalized spacial score (nSPS) is 23.3. The number of nitrogens with zero attached hydrogens (tertiary/aromatic N) is 3. The van der Waals surface area contributed by atoms with E-state index in [4.69, 9.17) is 15.3 Å². The number of nitrogens with two attached hydrogens (primary N) is 1. The Labute approximate surface area is 126 Å². The molecule has 3 fully saturated rings. The van der Waals surface area contributed by atoms with Gasteiger partial charge >= 0.3 is 6.10 Å². The predicted molar refractivity (Wildman–Crippen MR) is 73.4 cm³/mol. The van der Waals surface area contributed by atoms with Crippen LogP contribution in [0.3, 0.4) is 0 Å². The first-order valence-electron chi connectivity index (χ1n) is 7.01. The number of Topliss-reactive ketones (excluding diaryl/α,β-unsaturated/α-hetero) is 1. The second-order valence-corrected chi connectivity index (χ2v) is 5.57. The third-order valence-electron chi connectivity index (χ3n) is 3.49. The third-order valence-corrected chi connectivity index (χ3v) is 3.49. The minimum Gasteiger partial charge on any atom is -0.365 e. The molecule has 0 aromatic heterocycles. The highest BCUT2D eigenvalue weighted by Crippen LogP contribution is 2.33. The van der Waals surface area contributed by atoms with E-state index in [2.05, 4.69) is 5.73 Å². The summed E-state index contributed by atoms with van der Waals surface area (Å²) in [6.45, 7) is 5.41. The van der Waals surface area contributed by atoms with Crippen molar-refractivity contribution in [3.63, 3.8) is 0 Å². The summed E-state index contributed by atoms with van der Waals surface area (Å²) in [4.78, 5) is 30.5. The Balaban J connectivity index is 0.000000254. The second-order valence-electron chi connectivity index (χ2n) is 5.57. The molecule has 22 heavy (non-hydrogen) atoms. The van der Waals surface area contributed by atoms with Gasteiger partial charge in [-0.25, -0.2) is 0 Å². The van der Waals surface area contributed by atoms with Crippen LogP contribution < -0.4 is 5.73 Å². The lowest BCUT2D eigenvalue weighted by Crippen LogP contribution is -2.38. The molecule has 0 unspecified atom stereocenters. The smallest absolute Gasteiger partial charge is 0.340 e. The van der Waals surface area contributed by atoms with Crippen molar-refractivity contribution in [2.75, 3.05) is 39.3 Å². The molecule has 0 aromatic carbocycles. The lowest BCUT2D eigenvalue weighted by molar-refractivity contribution is -0.306. The zero-order valence-corrected chi connectivity index (χ0v) is 11.9. The Morgan fingerprint density at radius 3 is 1.68 bits per heavy atom. The number of aliphatic hydroxyl groups is 3. The molecule has 0 amide bonds. The van der Waals surface area contributed by atoms with Gasteiger partial charge in [-0.2, -0.15) is 0 Å². The minimum absolute atomic E-state index is 0.00546. The zero-order chi connectivity index (χ0) is 16.1.